The van der Waals surface area contributed by atoms with Crippen molar-refractivity contribution in [2.24, 2.45) is 0 Å². The van der Waals surface area contributed by atoms with E-state index in [1.165, 1.54) is 64.8 Å². The number of aromatic nitrogens is 3. The third-order valence-corrected chi connectivity index (χ3v) is 10.4. The molecule has 51 heavy (non-hydrogen) atoms. The molecule has 0 spiro atoms. The second-order valence-corrected chi connectivity index (χ2v) is 14.9. The summed E-state index contributed by atoms with van der Waals surface area (Å²) in [5.74, 6) is -3.31. The number of nitrogens with zero attached hydrogens (tertiary/aromatic N) is 4. The molecule has 2 atom stereocenters. The summed E-state index contributed by atoms with van der Waals surface area (Å²) in [4.78, 5) is 36.1. The van der Waals surface area contributed by atoms with Gasteiger partial charge in [-0.2, -0.15) is 10.4 Å². The summed E-state index contributed by atoms with van der Waals surface area (Å²) in [5, 5.41) is 13.4. The number of phosphoric acid groups is 1. The first-order chi connectivity index (χ1) is 24.4. The van der Waals surface area contributed by atoms with Crippen molar-refractivity contribution in [3.63, 3.8) is 0 Å². The molecular formula is C33H30F3N4O8PS2. The monoisotopic (exact) mass is 762 g/mol. The fraction of sp³-hybridized carbons (Fsp3) is 0.273. The van der Waals surface area contributed by atoms with Crippen LogP contribution < -0.4 is 0 Å². The molecule has 268 valence electrons. The number of rotatable bonds is 14. The highest BCUT2D eigenvalue weighted by Crippen LogP contribution is 2.43. The van der Waals surface area contributed by atoms with E-state index in [4.69, 9.17) is 19.5 Å². The van der Waals surface area contributed by atoms with Crippen molar-refractivity contribution in [2.75, 3.05) is 13.2 Å². The summed E-state index contributed by atoms with van der Waals surface area (Å²) in [6.07, 6.45) is 8.25. The molecule has 2 aromatic heterocycles. The number of ether oxygens (including phenoxy) is 3. The van der Waals surface area contributed by atoms with Crippen LogP contribution in [0.25, 0.3) is 6.08 Å². The zero-order chi connectivity index (χ0) is 36.6. The van der Waals surface area contributed by atoms with Gasteiger partial charge in [-0.05, 0) is 48.7 Å². The zero-order valence-corrected chi connectivity index (χ0v) is 29.2. The molecule has 0 saturated carbocycles. The van der Waals surface area contributed by atoms with Crippen LogP contribution in [-0.4, -0.2) is 60.5 Å². The van der Waals surface area contributed by atoms with Gasteiger partial charge in [0.1, 0.15) is 35.0 Å². The lowest BCUT2D eigenvalue weighted by Crippen LogP contribution is -2.47. The Labute approximate surface area is 298 Å². The van der Waals surface area contributed by atoms with E-state index in [0.29, 0.717) is 11.6 Å². The van der Waals surface area contributed by atoms with E-state index < -0.39 is 55.0 Å². The van der Waals surface area contributed by atoms with Gasteiger partial charge in [0.2, 0.25) is 0 Å². The molecule has 12 nitrogen and oxygen atoms in total. The molecule has 5 rings (SSSR count). The van der Waals surface area contributed by atoms with Crippen molar-refractivity contribution < 1.29 is 51.1 Å². The number of hydrogen-bond acceptors (Lipinski definition) is 11. The van der Waals surface area contributed by atoms with Gasteiger partial charge in [-0.3, -0.25) is 4.52 Å². The Morgan fingerprint density at radius 1 is 1.20 bits per heavy atom. The molecule has 18 heteroatoms. The van der Waals surface area contributed by atoms with Crippen molar-refractivity contribution in [1.82, 2.24) is 14.8 Å². The van der Waals surface area contributed by atoms with Crippen molar-refractivity contribution >= 4 is 43.0 Å². The number of halogens is 3. The van der Waals surface area contributed by atoms with Crippen LogP contribution >= 0.6 is 30.9 Å². The normalized spacial score (nSPS) is 18.5. The number of phosphoric ester groups is 1. The van der Waals surface area contributed by atoms with Gasteiger partial charge >= 0.3 is 13.8 Å². The van der Waals surface area contributed by atoms with Crippen LogP contribution in [0.1, 0.15) is 38.8 Å². The number of carbonyl (C=O) groups is 1. The quantitative estimate of drug-likeness (QED) is 0.0860. The van der Waals surface area contributed by atoms with Gasteiger partial charge < -0.3 is 24.0 Å². The minimum Gasteiger partial charge on any atom is -0.447 e. The maximum absolute atomic E-state index is 15.7. The van der Waals surface area contributed by atoms with Crippen LogP contribution in [0.5, 0.6) is 0 Å². The molecule has 2 N–H and O–H groups in total. The lowest BCUT2D eigenvalue weighted by atomic mass is 9.89. The van der Waals surface area contributed by atoms with Gasteiger partial charge in [-0.25, -0.2) is 32.2 Å². The Kier molecular flexibility index (Phi) is 12.7. The standard InChI is InChI=1S/C33H30F3N4O8PS2/c1-21(51-26-16-45-30(46-17-26)5-3-2-4-23-7-6-22(14-37)12-28(23)35)33(18-40-20-38-19-39-40,27-9-8-25(34)13-29(27)36)48-32(41)31-24(10-11-50-31)15-47-49(42,43)44/h2-13,19-21,26,30H,15-18H2,1H3,(H2,42,43,44)/b4-2+,5-3+/t21-,26-,30-,33-/m1/s1. The maximum atomic E-state index is 15.7. The number of nitriles is 1. The van der Waals surface area contributed by atoms with Gasteiger partial charge in [0.15, 0.2) is 11.9 Å². The minimum atomic E-state index is -4.87. The molecule has 2 aromatic carbocycles. The third kappa shape index (κ3) is 10.0. The van der Waals surface area contributed by atoms with Gasteiger partial charge in [-0.15, -0.1) is 23.1 Å². The molecule has 0 radical (unpaired) electrons. The first-order valence-corrected chi connectivity index (χ1v) is 18.4. The van der Waals surface area contributed by atoms with Gasteiger partial charge in [0, 0.05) is 28.0 Å². The molecule has 0 unspecified atom stereocenters. The molecule has 1 aliphatic rings. The summed E-state index contributed by atoms with van der Waals surface area (Å²) in [7, 11) is -4.87. The minimum absolute atomic E-state index is 0.0407. The number of benzene rings is 2. The molecule has 0 amide bonds. The molecule has 1 fully saturated rings. The average molecular weight is 763 g/mol. The summed E-state index contributed by atoms with van der Waals surface area (Å²) < 4.78 is 79.2. The summed E-state index contributed by atoms with van der Waals surface area (Å²) in [6, 6.07) is 10.4. The molecule has 0 aliphatic carbocycles. The van der Waals surface area contributed by atoms with Crippen molar-refractivity contribution in [3.05, 3.63) is 123 Å². The fourth-order valence-electron chi connectivity index (χ4n) is 5.12. The Morgan fingerprint density at radius 3 is 2.65 bits per heavy atom. The number of allylic oxidation sites excluding steroid dienone is 2. The molecule has 0 bridgehead atoms. The van der Waals surface area contributed by atoms with Crippen molar-refractivity contribution in [3.8, 4) is 6.07 Å². The predicted molar refractivity (Wildman–Crippen MR) is 180 cm³/mol. The topological polar surface area (TPSA) is 166 Å². The Morgan fingerprint density at radius 2 is 1.98 bits per heavy atom. The molecule has 4 aromatic rings. The lowest BCUT2D eigenvalue weighted by molar-refractivity contribution is -0.146. The van der Waals surface area contributed by atoms with Gasteiger partial charge in [0.05, 0.1) is 43.2 Å². The number of hydrogen-bond donors (Lipinski definition) is 2. The van der Waals surface area contributed by atoms with Crippen LogP contribution in [0.2, 0.25) is 0 Å². The first kappa shape index (κ1) is 38.1. The Hall–Kier alpha value is -4.11. The van der Waals surface area contributed by atoms with E-state index >= 15 is 4.39 Å². The van der Waals surface area contributed by atoms with E-state index in [1.807, 2.05) is 6.07 Å². The molecule has 1 saturated heterocycles. The van der Waals surface area contributed by atoms with E-state index in [-0.39, 0.29) is 46.6 Å². The highest BCUT2D eigenvalue weighted by Gasteiger charge is 2.47. The van der Waals surface area contributed by atoms with E-state index in [9.17, 15) is 27.9 Å². The second kappa shape index (κ2) is 16.9. The fourth-order valence-corrected chi connectivity index (χ4v) is 7.57. The summed E-state index contributed by atoms with van der Waals surface area (Å²) in [5.41, 5.74) is -1.35. The van der Waals surface area contributed by atoms with Gasteiger partial charge in [-0.1, -0.05) is 24.3 Å². The zero-order valence-electron chi connectivity index (χ0n) is 26.7. The number of thiophene rings is 1. The second-order valence-electron chi connectivity index (χ2n) is 11.1. The number of esters is 1. The Balaban J connectivity index is 1.35. The molecule has 3 heterocycles. The van der Waals surface area contributed by atoms with Gasteiger partial charge in [0.25, 0.3) is 0 Å². The number of thioether (sulfide) groups is 1. The lowest BCUT2D eigenvalue weighted by Gasteiger charge is -2.40. The van der Waals surface area contributed by atoms with Crippen molar-refractivity contribution in [2.45, 2.75) is 42.5 Å². The van der Waals surface area contributed by atoms with Crippen LogP contribution in [0.15, 0.2) is 78.7 Å². The van der Waals surface area contributed by atoms with Crippen LogP contribution in [0.4, 0.5) is 13.2 Å². The highest BCUT2D eigenvalue weighted by atomic mass is 32.2. The van der Waals surface area contributed by atoms with E-state index in [1.54, 1.807) is 25.2 Å². The molecule has 1 aliphatic heterocycles. The number of carbonyl (C=O) groups excluding carboxylic acids is 1. The largest absolute Gasteiger partial charge is 0.469 e. The third-order valence-electron chi connectivity index (χ3n) is 7.58. The summed E-state index contributed by atoms with van der Waals surface area (Å²) in [6.45, 7) is 1.19. The smallest absolute Gasteiger partial charge is 0.447 e. The summed E-state index contributed by atoms with van der Waals surface area (Å²) >= 11 is 2.20. The van der Waals surface area contributed by atoms with Crippen LogP contribution in [-0.2, 0) is 42.1 Å². The van der Waals surface area contributed by atoms with Crippen LogP contribution in [0.3, 0.4) is 0 Å². The average Bonchev–Trinajstić information content (AvgIpc) is 3.79. The van der Waals surface area contributed by atoms with Crippen LogP contribution in [0, 0.1) is 28.8 Å². The maximum Gasteiger partial charge on any atom is 0.469 e. The van der Waals surface area contributed by atoms with E-state index in [0.717, 1.165) is 23.5 Å². The first-order valence-electron chi connectivity index (χ1n) is 15.1. The SMILES string of the molecule is C[C@@H](S[C@H]1CO[C@H](/C=C/C=C/c2ccc(C#N)cc2F)OC1)[C@@](Cn1cncn1)(OC(=O)c1sccc1COP(=O)(O)O)c1ccc(F)cc1F. The predicted octanol–water partition coefficient (Wildman–Crippen LogP) is 6.12. The molecular weight excluding hydrogens is 732 g/mol. The van der Waals surface area contributed by atoms with E-state index in [2.05, 4.69) is 14.6 Å². The highest BCUT2D eigenvalue weighted by molar-refractivity contribution is 8.00. The van der Waals surface area contributed by atoms with Crippen molar-refractivity contribution in [1.29, 1.82) is 5.26 Å². The Bertz CT molecular complexity index is 1980.